The average molecular weight is 705 g/mol. The first-order chi connectivity index (χ1) is 17.7. The minimum Gasteiger partial charge on any atom is -0.672 e. The van der Waals surface area contributed by atoms with Crippen LogP contribution in [0.1, 0.15) is 87.0 Å². The molecule has 0 heterocycles. The van der Waals surface area contributed by atoms with E-state index in [4.69, 9.17) is 5.73 Å². The van der Waals surface area contributed by atoms with Crippen molar-refractivity contribution in [3.63, 3.8) is 0 Å². The van der Waals surface area contributed by atoms with Crippen LogP contribution in [-0.2, 0) is 25.8 Å². The molecule has 1 nitrogen and oxygen atoms in total. The van der Waals surface area contributed by atoms with Gasteiger partial charge in [-0.1, -0.05) is 140 Å². The molecule has 2 aromatic rings. The molecule has 1 unspecified atom stereocenters. The molecule has 4 fully saturated rings. The molecule has 2 aromatic carbocycles. The zero-order valence-electron chi connectivity index (χ0n) is 26.2. The first-order valence-corrected chi connectivity index (χ1v) is 16.9. The Labute approximate surface area is 262 Å². The van der Waals surface area contributed by atoms with Crippen LogP contribution in [0, 0.1) is 28.2 Å². The van der Waals surface area contributed by atoms with Crippen LogP contribution < -0.4 is 0 Å². The predicted molar refractivity (Wildman–Crippen MR) is 170 cm³/mol. The van der Waals surface area contributed by atoms with E-state index in [0.717, 1.165) is 9.52 Å². The zero-order chi connectivity index (χ0) is 28.2. The Morgan fingerprint density at radius 3 is 1.23 bits per heavy atom. The van der Waals surface area contributed by atoms with Gasteiger partial charge in [-0.3, -0.25) is 6.08 Å². The van der Waals surface area contributed by atoms with Crippen molar-refractivity contribution < 1.29 is 25.8 Å². The maximum absolute atomic E-state index is 8.59. The minimum atomic E-state index is -0.0625. The van der Waals surface area contributed by atoms with Gasteiger partial charge in [-0.05, 0) is 46.6 Å². The smallest absolute Gasteiger partial charge is 0.0213 e. The number of allylic oxidation sites excluding steroid dienone is 4. The molecule has 4 bridgehead atoms. The standard InChI is InChI=1S/C13H22N.C12H10.C9H13.C2H7Si.Hf/c1-10-4-11(2)6-12(3,5-10)9-13(14,7-10)8-11;1-3-7-11(8-4-1)12-9-5-2-6-10-12;1-6-5-7(2)9(4)8(6)3;1-3-2;/h14H,4-9H2,1-3H3;1-10H;6H,1-4H3;3H,1-2H3;/q-1;;-1;;. The van der Waals surface area contributed by atoms with Crippen LogP contribution in [0.25, 0.3) is 16.9 Å². The molecule has 211 valence electrons. The van der Waals surface area contributed by atoms with Gasteiger partial charge in [-0.2, -0.15) is 11.1 Å². The van der Waals surface area contributed by atoms with E-state index in [0.29, 0.717) is 22.2 Å². The molecular formula is C36H52HfNSi-2. The molecule has 7 rings (SSSR count). The van der Waals surface area contributed by atoms with E-state index in [9.17, 15) is 0 Å². The van der Waals surface area contributed by atoms with Crippen LogP contribution in [0.15, 0.2) is 77.4 Å². The van der Waals surface area contributed by atoms with Gasteiger partial charge in [-0.15, -0.1) is 12.5 Å². The van der Waals surface area contributed by atoms with Crippen LogP contribution in [0.3, 0.4) is 0 Å². The predicted octanol–water partition coefficient (Wildman–Crippen LogP) is 10.8. The van der Waals surface area contributed by atoms with Crippen LogP contribution in [0.5, 0.6) is 0 Å². The van der Waals surface area contributed by atoms with E-state index < -0.39 is 0 Å². The molecule has 0 spiro atoms. The monoisotopic (exact) mass is 706 g/mol. The van der Waals surface area contributed by atoms with Gasteiger partial charge in [0, 0.05) is 35.4 Å². The van der Waals surface area contributed by atoms with Gasteiger partial charge in [0.25, 0.3) is 0 Å². The van der Waals surface area contributed by atoms with Gasteiger partial charge in [0.1, 0.15) is 0 Å². The third kappa shape index (κ3) is 8.97. The molecule has 1 radical (unpaired) electrons. The van der Waals surface area contributed by atoms with E-state index in [1.807, 2.05) is 12.1 Å². The van der Waals surface area contributed by atoms with Crippen molar-refractivity contribution in [2.45, 2.75) is 106 Å². The second-order valence-corrected chi connectivity index (χ2v) is 15.0. The summed E-state index contributed by atoms with van der Waals surface area (Å²) in [6, 6.07) is 20.8. The number of hydrogen-bond donors (Lipinski definition) is 0. The zero-order valence-corrected chi connectivity index (χ0v) is 30.9. The van der Waals surface area contributed by atoms with Crippen molar-refractivity contribution in [3.05, 3.63) is 89.2 Å². The Hall–Kier alpha value is -1.03. The Bertz CT molecular complexity index is 986. The molecule has 3 heteroatoms. The van der Waals surface area contributed by atoms with E-state index in [1.165, 1.54) is 66.4 Å². The van der Waals surface area contributed by atoms with Gasteiger partial charge in [0.15, 0.2) is 0 Å². The fourth-order valence-corrected chi connectivity index (χ4v) is 8.71. The SMILES string of the molecule is CC12CC3(C)CC(C)(C1)CC([NH-])(C2)C3.CC1=[C-]C(C)C(C)=C1C.C[SiH]C.[Hf].c1ccc(-c2ccccc2)cc1. The van der Waals surface area contributed by atoms with Gasteiger partial charge in [0.05, 0.1) is 0 Å². The van der Waals surface area contributed by atoms with Crippen LogP contribution in [0.4, 0.5) is 0 Å². The molecule has 5 aliphatic rings. The van der Waals surface area contributed by atoms with E-state index >= 15 is 0 Å². The Morgan fingerprint density at radius 1 is 0.692 bits per heavy atom. The molecule has 0 amide bonds. The topological polar surface area (TPSA) is 23.8 Å². The molecule has 4 saturated carbocycles. The summed E-state index contributed by atoms with van der Waals surface area (Å²) in [7, 11) is 0.750. The first kappa shape index (κ1) is 34.2. The van der Waals surface area contributed by atoms with Crippen LogP contribution >= 0.6 is 0 Å². The van der Waals surface area contributed by atoms with Crippen molar-refractivity contribution in [2.24, 2.45) is 22.2 Å². The summed E-state index contributed by atoms with van der Waals surface area (Å²) < 4.78 is 0. The van der Waals surface area contributed by atoms with Crippen molar-refractivity contribution in [2.75, 3.05) is 0 Å². The minimum absolute atomic E-state index is 0. The molecule has 1 N–H and O–H groups in total. The van der Waals surface area contributed by atoms with Crippen LogP contribution in [0.2, 0.25) is 13.1 Å². The summed E-state index contributed by atoms with van der Waals surface area (Å²) in [4.78, 5) is 0. The van der Waals surface area contributed by atoms with Gasteiger partial charge < -0.3 is 5.73 Å². The van der Waals surface area contributed by atoms with Gasteiger partial charge in [-0.25, -0.2) is 5.57 Å². The molecule has 0 saturated heterocycles. The van der Waals surface area contributed by atoms with E-state index in [1.54, 1.807) is 0 Å². The number of hydrogen-bond acceptors (Lipinski definition) is 0. The quantitative estimate of drug-likeness (QED) is 0.208. The summed E-state index contributed by atoms with van der Waals surface area (Å²) in [6.45, 7) is 20.4. The third-order valence-corrected chi connectivity index (χ3v) is 8.97. The third-order valence-electron chi connectivity index (χ3n) is 8.97. The van der Waals surface area contributed by atoms with E-state index in [-0.39, 0.29) is 31.4 Å². The Balaban J connectivity index is 0.000000197. The maximum atomic E-state index is 8.59. The Kier molecular flexibility index (Phi) is 12.0. The summed E-state index contributed by atoms with van der Waals surface area (Å²) >= 11 is 0. The molecule has 0 aliphatic heterocycles. The molecule has 1 atom stereocenters. The van der Waals surface area contributed by atoms with Crippen molar-refractivity contribution in [3.8, 4) is 11.1 Å². The van der Waals surface area contributed by atoms with Crippen molar-refractivity contribution in [1.29, 1.82) is 0 Å². The van der Waals surface area contributed by atoms with Crippen molar-refractivity contribution >= 4 is 9.52 Å². The van der Waals surface area contributed by atoms with Crippen molar-refractivity contribution in [1.82, 2.24) is 0 Å². The van der Waals surface area contributed by atoms with Gasteiger partial charge >= 0.3 is 0 Å². The molecule has 0 aromatic heterocycles. The van der Waals surface area contributed by atoms with Gasteiger partial charge in [0.2, 0.25) is 0 Å². The molecule has 5 aliphatic carbocycles. The average Bonchev–Trinajstić information content (AvgIpc) is 3.03. The normalized spacial score (nSPS) is 33.4. The molecular weight excluding hydrogens is 653 g/mol. The largest absolute Gasteiger partial charge is 0.672 e. The fourth-order valence-electron chi connectivity index (χ4n) is 8.71. The summed E-state index contributed by atoms with van der Waals surface area (Å²) in [5.74, 6) is 0.560. The number of rotatable bonds is 1. The maximum Gasteiger partial charge on any atom is 0.0213 e. The number of nitrogens with one attached hydrogen (secondary N) is 1. The molecule has 39 heavy (non-hydrogen) atoms. The second kappa shape index (κ2) is 13.8. The number of benzene rings is 2. The summed E-state index contributed by atoms with van der Waals surface area (Å²) in [6.07, 6.45) is 11.0. The fraction of sp³-hybridized carbons (Fsp3) is 0.556. The Morgan fingerprint density at radius 2 is 1.03 bits per heavy atom. The first-order valence-electron chi connectivity index (χ1n) is 14.6. The summed E-state index contributed by atoms with van der Waals surface area (Å²) in [5, 5.41) is 0. The van der Waals surface area contributed by atoms with Crippen LogP contribution in [-0.4, -0.2) is 15.1 Å². The second-order valence-electron chi connectivity index (χ2n) is 13.9. The van der Waals surface area contributed by atoms with E-state index in [2.05, 4.69) is 116 Å². The summed E-state index contributed by atoms with van der Waals surface area (Å²) in [5.41, 5.74) is 16.8.